The van der Waals surface area contributed by atoms with Crippen molar-refractivity contribution in [2.24, 2.45) is 17.3 Å². The second kappa shape index (κ2) is 16.3. The van der Waals surface area contributed by atoms with E-state index in [9.17, 15) is 29.1 Å². The van der Waals surface area contributed by atoms with Crippen molar-refractivity contribution in [3.05, 3.63) is 76.9 Å². The van der Waals surface area contributed by atoms with Crippen molar-refractivity contribution in [1.29, 1.82) is 0 Å². The van der Waals surface area contributed by atoms with Gasteiger partial charge >= 0.3 is 11.9 Å². The Kier molecular flexibility index (Phi) is 11.4. The minimum absolute atomic E-state index is 0.0272. The predicted octanol–water partition coefficient (Wildman–Crippen LogP) is 3.42. The first-order chi connectivity index (χ1) is 28.6. The van der Waals surface area contributed by atoms with Gasteiger partial charge in [0.05, 0.1) is 19.2 Å². The summed E-state index contributed by atoms with van der Waals surface area (Å²) in [5, 5.41) is 17.4. The molecule has 2 aromatic rings. The van der Waals surface area contributed by atoms with Crippen LogP contribution in [0.4, 0.5) is 0 Å². The fourth-order valence-electron chi connectivity index (χ4n) is 9.23. The van der Waals surface area contributed by atoms with Gasteiger partial charge in [-0.15, -0.1) is 0 Å². The molecule has 3 aliphatic carbocycles. The number of ether oxygens (including phenoxy) is 4. The summed E-state index contributed by atoms with van der Waals surface area (Å²) in [4.78, 5) is 74.9. The van der Waals surface area contributed by atoms with Gasteiger partial charge in [-0.2, -0.15) is 5.06 Å². The molecular formula is C45H56N4O11. The van der Waals surface area contributed by atoms with Crippen molar-refractivity contribution in [3.8, 4) is 0 Å². The van der Waals surface area contributed by atoms with Gasteiger partial charge < -0.3 is 39.6 Å². The maximum Gasteiger partial charge on any atom is 0.327 e. The van der Waals surface area contributed by atoms with E-state index in [1.807, 2.05) is 24.3 Å². The molecule has 2 bridgehead atoms. The highest BCUT2D eigenvalue weighted by Crippen LogP contribution is 2.63. The van der Waals surface area contributed by atoms with Crippen LogP contribution in [-0.2, 0) is 56.1 Å². The summed E-state index contributed by atoms with van der Waals surface area (Å²) >= 11 is 0. The zero-order chi connectivity index (χ0) is 42.6. The summed E-state index contributed by atoms with van der Waals surface area (Å²) in [6.45, 7) is 5.18. The molecule has 3 amide bonds. The van der Waals surface area contributed by atoms with Crippen LogP contribution in [0.5, 0.6) is 0 Å². The summed E-state index contributed by atoms with van der Waals surface area (Å²) in [5.41, 5.74) is 0.578. The molecule has 0 aromatic heterocycles. The predicted molar refractivity (Wildman–Crippen MR) is 215 cm³/mol. The molecule has 6 aliphatic rings. The third-order valence-corrected chi connectivity index (χ3v) is 12.4. The Morgan fingerprint density at radius 2 is 1.70 bits per heavy atom. The summed E-state index contributed by atoms with van der Waals surface area (Å²) in [5.74, 6) is -2.25. The first-order valence-corrected chi connectivity index (χ1v) is 21.1. The van der Waals surface area contributed by atoms with Crippen LogP contribution in [0.25, 0.3) is 6.08 Å². The molecule has 60 heavy (non-hydrogen) atoms. The van der Waals surface area contributed by atoms with Gasteiger partial charge in [-0.25, -0.2) is 0 Å². The standard InChI is InChI=1S/C45H56N4O11/c1-43(2,3)57-35(52)20-18-32(25-50)47-40(53)29-8-6-7-28(21-29)23-46-42(55)44-22-33-36-37(59-45(58-36,30-14-15-30)31-16-17-31)39(44)60-49(38(44)41(54)56-33)24-27-11-9-26(10-12-27)13-19-34(51)48(4)5/h6-13,19,21,30-33,36-39,50H,14-18,20,22-25H2,1-5H3,(H,46,55)(H,47,53)/t32-,33-,36-,37-,38-,39+,44-/m0/s1. The van der Waals surface area contributed by atoms with E-state index in [1.165, 1.54) is 11.0 Å². The summed E-state index contributed by atoms with van der Waals surface area (Å²) in [6, 6.07) is 12.6. The van der Waals surface area contributed by atoms with E-state index in [4.69, 9.17) is 23.8 Å². The Bertz CT molecular complexity index is 2010. The number of hydrogen-bond donors (Lipinski definition) is 3. The number of esters is 2. The van der Waals surface area contributed by atoms with Crippen molar-refractivity contribution in [3.63, 3.8) is 0 Å². The maximum atomic E-state index is 14.9. The maximum absolute atomic E-state index is 14.9. The summed E-state index contributed by atoms with van der Waals surface area (Å²) < 4.78 is 25.3. The van der Waals surface area contributed by atoms with E-state index in [1.54, 1.807) is 70.3 Å². The third-order valence-electron chi connectivity index (χ3n) is 12.4. The van der Waals surface area contributed by atoms with Crippen LogP contribution in [0.3, 0.4) is 0 Å². The van der Waals surface area contributed by atoms with E-state index in [2.05, 4.69) is 10.6 Å². The molecule has 15 heteroatoms. The number of hydrogen-bond acceptors (Lipinski definition) is 12. The van der Waals surface area contributed by atoms with Gasteiger partial charge in [0.1, 0.15) is 35.4 Å². The highest BCUT2D eigenvalue weighted by atomic mass is 16.8. The fourth-order valence-corrected chi connectivity index (χ4v) is 9.23. The Morgan fingerprint density at radius 3 is 2.35 bits per heavy atom. The summed E-state index contributed by atoms with van der Waals surface area (Å²) in [6.07, 6.45) is 4.81. The van der Waals surface area contributed by atoms with Gasteiger partial charge in [0.2, 0.25) is 11.8 Å². The van der Waals surface area contributed by atoms with E-state index in [0.717, 1.165) is 36.8 Å². The average Bonchev–Trinajstić information content (AvgIpc) is 4.16. The number of aliphatic hydroxyl groups is 1. The SMILES string of the molecule is CN(C)C(=O)C=Cc1ccc(CN2O[C@@H]3[C@H]4OC(C5CC5)(C5CC5)O[C@H]4[C@@H]4C[C@]3(C(=O)NCc3cccc(C(=O)N[C@H](CO)CCC(=O)OC(C)(C)C)c3)[C@@H]2C(=O)O4)cc1. The number of benzene rings is 2. The molecule has 2 aromatic carbocycles. The monoisotopic (exact) mass is 828 g/mol. The lowest BCUT2D eigenvalue weighted by molar-refractivity contribution is -0.235. The van der Waals surface area contributed by atoms with Crippen LogP contribution < -0.4 is 10.6 Å². The third kappa shape index (κ3) is 8.34. The van der Waals surface area contributed by atoms with Crippen LogP contribution >= 0.6 is 0 Å². The lowest BCUT2D eigenvalue weighted by Gasteiger charge is -2.48. The number of carbonyl (C=O) groups is 5. The van der Waals surface area contributed by atoms with Crippen LogP contribution in [0.1, 0.15) is 92.8 Å². The van der Waals surface area contributed by atoms with Crippen LogP contribution in [0.15, 0.2) is 54.6 Å². The van der Waals surface area contributed by atoms with Crippen LogP contribution in [0, 0.1) is 17.3 Å². The minimum Gasteiger partial charge on any atom is -0.460 e. The number of fused-ring (bicyclic) bond motifs is 4. The number of carbonyl (C=O) groups excluding carboxylic acids is 5. The molecule has 0 radical (unpaired) electrons. The van der Waals surface area contributed by atoms with Crippen LogP contribution in [-0.4, -0.2) is 113 Å². The Hall–Kier alpha value is -4.67. The molecule has 3 saturated heterocycles. The van der Waals surface area contributed by atoms with E-state index < -0.39 is 71.1 Å². The molecule has 8 rings (SSSR count). The molecule has 6 fully saturated rings. The number of hydroxylamine groups is 2. The van der Waals surface area contributed by atoms with E-state index in [0.29, 0.717) is 11.1 Å². The van der Waals surface area contributed by atoms with Gasteiger partial charge in [0, 0.05) is 57.0 Å². The topological polar surface area (TPSA) is 182 Å². The highest BCUT2D eigenvalue weighted by molar-refractivity contribution is 5.95. The number of nitrogens with one attached hydrogen (secondary N) is 2. The van der Waals surface area contributed by atoms with E-state index in [-0.39, 0.29) is 62.6 Å². The lowest BCUT2D eigenvalue weighted by Crippen LogP contribution is -2.69. The fraction of sp³-hybridized carbons (Fsp3) is 0.578. The smallest absolute Gasteiger partial charge is 0.327 e. The number of nitrogens with zero attached hydrogens (tertiary/aromatic N) is 2. The second-order valence-electron chi connectivity index (χ2n) is 18.3. The van der Waals surface area contributed by atoms with Gasteiger partial charge in [-0.1, -0.05) is 36.4 Å². The van der Waals surface area contributed by atoms with Gasteiger partial charge in [0.15, 0.2) is 11.8 Å². The molecule has 3 aliphatic heterocycles. The molecule has 0 spiro atoms. The molecule has 322 valence electrons. The average molecular weight is 829 g/mol. The second-order valence-corrected chi connectivity index (χ2v) is 18.3. The van der Waals surface area contributed by atoms with Crippen LogP contribution in [0.2, 0.25) is 0 Å². The molecule has 7 atom stereocenters. The highest BCUT2D eigenvalue weighted by Gasteiger charge is 2.78. The number of aliphatic hydroxyl groups excluding tert-OH is 1. The Labute approximate surface area is 350 Å². The normalized spacial score (nSPS) is 28.4. The van der Waals surface area contributed by atoms with E-state index >= 15 is 0 Å². The van der Waals surface area contributed by atoms with Crippen molar-refractivity contribution in [2.75, 3.05) is 20.7 Å². The van der Waals surface area contributed by atoms with Gasteiger partial charge in [-0.05, 0) is 87.8 Å². The molecule has 3 N–H and O–H groups in total. The number of likely N-dealkylation sites (N-methyl/N-ethyl adjacent to an activating group) is 1. The quantitative estimate of drug-likeness (QED) is 0.176. The van der Waals surface area contributed by atoms with Crippen molar-refractivity contribution < 1.29 is 52.9 Å². The lowest BCUT2D eigenvalue weighted by atomic mass is 9.62. The first kappa shape index (κ1) is 42.0. The van der Waals surface area contributed by atoms with Gasteiger partial charge in [-0.3, -0.25) is 28.8 Å². The number of rotatable bonds is 15. The summed E-state index contributed by atoms with van der Waals surface area (Å²) in [7, 11) is 3.37. The number of amides is 3. The zero-order valence-corrected chi connectivity index (χ0v) is 34.9. The van der Waals surface area contributed by atoms with Gasteiger partial charge in [0.25, 0.3) is 5.91 Å². The molecule has 3 heterocycles. The minimum atomic E-state index is -1.37. The molecule has 3 saturated carbocycles. The van der Waals surface area contributed by atoms with Crippen molar-refractivity contribution in [2.45, 2.75) is 127 Å². The Morgan fingerprint density at radius 1 is 1.00 bits per heavy atom. The molecule has 15 nitrogen and oxygen atoms in total. The molecular weight excluding hydrogens is 773 g/mol. The molecule has 0 unspecified atom stereocenters. The van der Waals surface area contributed by atoms with Crippen molar-refractivity contribution >= 4 is 35.7 Å². The zero-order valence-electron chi connectivity index (χ0n) is 34.9. The Balaban J connectivity index is 1.00. The largest absolute Gasteiger partial charge is 0.460 e. The first-order valence-electron chi connectivity index (χ1n) is 21.1. The van der Waals surface area contributed by atoms with Crippen molar-refractivity contribution in [1.82, 2.24) is 20.6 Å².